The Morgan fingerprint density at radius 1 is 1.50 bits per heavy atom. The second-order valence-electron chi connectivity index (χ2n) is 4.87. The Morgan fingerprint density at radius 3 is 3.20 bits per heavy atom. The van der Waals surface area contributed by atoms with E-state index in [0.29, 0.717) is 13.2 Å². The summed E-state index contributed by atoms with van der Waals surface area (Å²) in [6.07, 6.45) is -0.460. The second-order valence-corrected chi connectivity index (χ2v) is 5.79. The Morgan fingerprint density at radius 2 is 2.35 bits per heavy atom. The molecule has 1 unspecified atom stereocenters. The largest absolute Gasteiger partial charge is 0.467 e. The first kappa shape index (κ1) is 13.5. The first-order chi connectivity index (χ1) is 9.78. The lowest BCUT2D eigenvalue weighted by molar-refractivity contribution is -0.159. The van der Waals surface area contributed by atoms with E-state index in [-0.39, 0.29) is 5.97 Å². The highest BCUT2D eigenvalue weighted by molar-refractivity contribution is 7.17. The first-order valence-electron chi connectivity index (χ1n) is 6.65. The zero-order valence-electron chi connectivity index (χ0n) is 11.4. The number of hydrogen-bond acceptors (Lipinski definition) is 5. The molecular formula is C15H17NO3S. The highest BCUT2D eigenvalue weighted by Gasteiger charge is 2.27. The number of methoxy groups -OCH3 is 1. The van der Waals surface area contributed by atoms with Crippen LogP contribution in [0.3, 0.4) is 0 Å². The number of benzene rings is 1. The molecule has 3 rings (SSSR count). The Hall–Kier alpha value is -1.43. The van der Waals surface area contributed by atoms with Crippen LogP contribution in [0.25, 0.3) is 10.1 Å². The number of rotatable bonds is 3. The maximum absolute atomic E-state index is 11.6. The van der Waals surface area contributed by atoms with E-state index in [0.717, 1.165) is 13.1 Å². The SMILES string of the molecule is COC(=O)C1CN(Cc2csc3ccccc23)CCO1. The molecule has 2 aromatic rings. The van der Waals surface area contributed by atoms with Crippen molar-refractivity contribution in [3.05, 3.63) is 35.2 Å². The van der Waals surface area contributed by atoms with Gasteiger partial charge in [0.05, 0.1) is 13.7 Å². The van der Waals surface area contributed by atoms with Crippen LogP contribution in [0.5, 0.6) is 0 Å². The van der Waals surface area contributed by atoms with Crippen LogP contribution in [-0.4, -0.2) is 43.8 Å². The molecule has 0 radical (unpaired) electrons. The lowest BCUT2D eigenvalue weighted by Gasteiger charge is -2.31. The van der Waals surface area contributed by atoms with Crippen molar-refractivity contribution >= 4 is 27.4 Å². The number of thiophene rings is 1. The molecule has 1 atom stereocenters. The van der Waals surface area contributed by atoms with Crippen molar-refractivity contribution in [3.8, 4) is 0 Å². The number of morpholine rings is 1. The number of carbonyl (C=O) groups is 1. The van der Waals surface area contributed by atoms with Crippen LogP contribution in [0.4, 0.5) is 0 Å². The molecule has 1 fully saturated rings. The van der Waals surface area contributed by atoms with Crippen LogP contribution < -0.4 is 0 Å². The lowest BCUT2D eigenvalue weighted by atomic mass is 10.1. The van der Waals surface area contributed by atoms with Crippen molar-refractivity contribution in [2.75, 3.05) is 26.8 Å². The third kappa shape index (κ3) is 2.70. The van der Waals surface area contributed by atoms with E-state index in [1.165, 1.54) is 22.8 Å². The molecule has 5 heteroatoms. The third-order valence-corrected chi connectivity index (χ3v) is 4.58. The molecule has 0 saturated carbocycles. The van der Waals surface area contributed by atoms with E-state index in [9.17, 15) is 4.79 Å². The summed E-state index contributed by atoms with van der Waals surface area (Å²) in [5.74, 6) is -0.287. The summed E-state index contributed by atoms with van der Waals surface area (Å²) in [6.45, 7) is 2.86. The van der Waals surface area contributed by atoms with Gasteiger partial charge in [0.25, 0.3) is 0 Å². The van der Waals surface area contributed by atoms with Gasteiger partial charge in [0.2, 0.25) is 0 Å². The van der Waals surface area contributed by atoms with E-state index in [1.54, 1.807) is 11.3 Å². The smallest absolute Gasteiger partial charge is 0.336 e. The molecule has 20 heavy (non-hydrogen) atoms. The van der Waals surface area contributed by atoms with Gasteiger partial charge in [-0.25, -0.2) is 4.79 Å². The van der Waals surface area contributed by atoms with Gasteiger partial charge >= 0.3 is 5.97 Å². The Labute approximate surface area is 121 Å². The third-order valence-electron chi connectivity index (χ3n) is 3.57. The molecule has 1 aliphatic rings. The van der Waals surface area contributed by atoms with Crippen molar-refractivity contribution in [3.63, 3.8) is 0 Å². The number of nitrogens with zero attached hydrogens (tertiary/aromatic N) is 1. The van der Waals surface area contributed by atoms with Crippen LogP contribution in [0.15, 0.2) is 29.6 Å². The molecule has 1 aromatic carbocycles. The summed E-state index contributed by atoms with van der Waals surface area (Å²) < 4.78 is 11.5. The average molecular weight is 291 g/mol. The first-order valence-corrected chi connectivity index (χ1v) is 7.53. The zero-order valence-corrected chi connectivity index (χ0v) is 12.2. The number of carbonyl (C=O) groups excluding carboxylic acids is 1. The molecule has 0 spiro atoms. The topological polar surface area (TPSA) is 38.8 Å². The van der Waals surface area contributed by atoms with Gasteiger partial charge in [0.15, 0.2) is 6.10 Å². The number of esters is 1. The molecular weight excluding hydrogens is 274 g/mol. The van der Waals surface area contributed by atoms with E-state index in [4.69, 9.17) is 9.47 Å². The number of fused-ring (bicyclic) bond motifs is 1. The molecule has 1 aromatic heterocycles. The van der Waals surface area contributed by atoms with Gasteiger partial charge < -0.3 is 9.47 Å². The minimum Gasteiger partial charge on any atom is -0.467 e. The van der Waals surface area contributed by atoms with Gasteiger partial charge in [-0.15, -0.1) is 11.3 Å². The van der Waals surface area contributed by atoms with E-state index >= 15 is 0 Å². The molecule has 0 bridgehead atoms. The van der Waals surface area contributed by atoms with Gasteiger partial charge in [-0.2, -0.15) is 0 Å². The van der Waals surface area contributed by atoms with Crippen molar-refractivity contribution in [2.24, 2.45) is 0 Å². The fraction of sp³-hybridized carbons (Fsp3) is 0.400. The Balaban J connectivity index is 1.72. The van der Waals surface area contributed by atoms with Crippen molar-refractivity contribution < 1.29 is 14.3 Å². The fourth-order valence-electron chi connectivity index (χ4n) is 2.52. The summed E-state index contributed by atoms with van der Waals surface area (Å²) in [6, 6.07) is 8.42. The number of ether oxygens (including phenoxy) is 2. The fourth-order valence-corrected chi connectivity index (χ4v) is 3.47. The minimum atomic E-state index is -0.460. The highest BCUT2D eigenvalue weighted by Crippen LogP contribution is 2.27. The normalized spacial score (nSPS) is 20.1. The summed E-state index contributed by atoms with van der Waals surface area (Å²) >= 11 is 1.76. The van der Waals surface area contributed by atoms with E-state index < -0.39 is 6.10 Å². The van der Waals surface area contributed by atoms with E-state index in [2.05, 4.69) is 34.5 Å². The highest BCUT2D eigenvalue weighted by atomic mass is 32.1. The predicted molar refractivity (Wildman–Crippen MR) is 78.9 cm³/mol. The molecule has 1 aliphatic heterocycles. The molecule has 4 nitrogen and oxygen atoms in total. The van der Waals surface area contributed by atoms with Gasteiger partial charge in [0.1, 0.15) is 0 Å². The average Bonchev–Trinajstić information content (AvgIpc) is 2.90. The lowest BCUT2D eigenvalue weighted by Crippen LogP contribution is -2.45. The standard InChI is InChI=1S/C15H17NO3S/c1-18-15(17)13-9-16(6-7-19-13)8-11-10-20-14-5-3-2-4-12(11)14/h2-5,10,13H,6-9H2,1H3. The summed E-state index contributed by atoms with van der Waals surface area (Å²) in [5, 5.41) is 3.51. The zero-order chi connectivity index (χ0) is 13.9. The van der Waals surface area contributed by atoms with Gasteiger partial charge in [-0.3, -0.25) is 4.90 Å². The minimum absolute atomic E-state index is 0.287. The molecule has 0 N–H and O–H groups in total. The Kier molecular flexibility index (Phi) is 4.00. The molecule has 0 amide bonds. The second kappa shape index (κ2) is 5.91. The van der Waals surface area contributed by atoms with Crippen molar-refractivity contribution in [1.82, 2.24) is 4.90 Å². The molecule has 1 saturated heterocycles. The van der Waals surface area contributed by atoms with Gasteiger partial charge in [-0.05, 0) is 22.4 Å². The van der Waals surface area contributed by atoms with Crippen LogP contribution in [-0.2, 0) is 20.8 Å². The summed E-state index contributed by atoms with van der Waals surface area (Å²) in [5.41, 5.74) is 1.32. The Bertz CT molecular complexity index is 610. The van der Waals surface area contributed by atoms with Gasteiger partial charge in [-0.1, -0.05) is 18.2 Å². The quantitative estimate of drug-likeness (QED) is 0.813. The monoisotopic (exact) mass is 291 g/mol. The number of hydrogen-bond donors (Lipinski definition) is 0. The maximum Gasteiger partial charge on any atom is 0.336 e. The van der Waals surface area contributed by atoms with Crippen LogP contribution >= 0.6 is 11.3 Å². The van der Waals surface area contributed by atoms with Crippen molar-refractivity contribution in [2.45, 2.75) is 12.6 Å². The van der Waals surface area contributed by atoms with Crippen LogP contribution in [0.2, 0.25) is 0 Å². The van der Waals surface area contributed by atoms with Crippen LogP contribution in [0, 0.1) is 0 Å². The molecule has 0 aliphatic carbocycles. The van der Waals surface area contributed by atoms with E-state index in [1.807, 2.05) is 0 Å². The maximum atomic E-state index is 11.6. The summed E-state index contributed by atoms with van der Waals surface area (Å²) in [7, 11) is 1.40. The van der Waals surface area contributed by atoms with Crippen molar-refractivity contribution in [1.29, 1.82) is 0 Å². The predicted octanol–water partition coefficient (Wildman–Crippen LogP) is 2.28. The molecule has 2 heterocycles. The summed E-state index contributed by atoms with van der Waals surface area (Å²) in [4.78, 5) is 13.8. The van der Waals surface area contributed by atoms with Crippen LogP contribution in [0.1, 0.15) is 5.56 Å². The van der Waals surface area contributed by atoms with Gasteiger partial charge in [0, 0.05) is 24.3 Å². The molecule has 106 valence electrons.